The second-order valence-electron chi connectivity index (χ2n) is 6.56. The van der Waals surface area contributed by atoms with Crippen molar-refractivity contribution in [2.75, 3.05) is 27.4 Å². The molecule has 1 aromatic heterocycles. The van der Waals surface area contributed by atoms with E-state index >= 15 is 0 Å². The van der Waals surface area contributed by atoms with E-state index in [1.807, 2.05) is 44.2 Å². The second kappa shape index (κ2) is 10.4. The number of hydrogen-bond donors (Lipinski definition) is 2. The number of carbonyl (C=O) groups is 1. The molecule has 1 amide bonds. The van der Waals surface area contributed by atoms with E-state index < -0.39 is 0 Å². The number of H-pyrrole nitrogens is 1. The van der Waals surface area contributed by atoms with Crippen molar-refractivity contribution >= 4 is 5.91 Å². The molecule has 0 saturated heterocycles. The molecule has 0 aliphatic rings. The number of aromatic amines is 1. The van der Waals surface area contributed by atoms with Crippen LogP contribution in [0.5, 0.6) is 23.0 Å². The maximum Gasteiger partial charge on any atom is 0.269 e. The first-order valence-electron chi connectivity index (χ1n) is 10.0. The lowest BCUT2D eigenvalue weighted by Crippen LogP contribution is -2.23. The van der Waals surface area contributed by atoms with Gasteiger partial charge in [0.25, 0.3) is 5.91 Å². The third-order valence-corrected chi connectivity index (χ3v) is 4.57. The highest BCUT2D eigenvalue weighted by Crippen LogP contribution is 2.32. The van der Waals surface area contributed by atoms with Crippen LogP contribution in [-0.4, -0.2) is 43.5 Å². The van der Waals surface area contributed by atoms with Gasteiger partial charge in [0.1, 0.15) is 17.2 Å². The average molecular weight is 425 g/mol. The van der Waals surface area contributed by atoms with Crippen LogP contribution in [0.25, 0.3) is 11.3 Å². The summed E-state index contributed by atoms with van der Waals surface area (Å²) in [6.07, 6.45) is 0. The van der Waals surface area contributed by atoms with Crippen molar-refractivity contribution in [2.45, 2.75) is 20.4 Å². The predicted molar refractivity (Wildman–Crippen MR) is 117 cm³/mol. The summed E-state index contributed by atoms with van der Waals surface area (Å²) in [6.45, 7) is 5.26. The Hall–Kier alpha value is -3.68. The van der Waals surface area contributed by atoms with Gasteiger partial charge in [-0.2, -0.15) is 5.10 Å². The molecule has 8 heteroatoms. The molecule has 0 spiro atoms. The van der Waals surface area contributed by atoms with E-state index in [0.717, 1.165) is 11.1 Å². The molecule has 1 heterocycles. The fourth-order valence-electron chi connectivity index (χ4n) is 3.07. The summed E-state index contributed by atoms with van der Waals surface area (Å²) >= 11 is 0. The fraction of sp³-hybridized carbons (Fsp3) is 0.304. The maximum absolute atomic E-state index is 12.6. The summed E-state index contributed by atoms with van der Waals surface area (Å²) in [5.74, 6) is 2.36. The number of nitrogens with one attached hydrogen (secondary N) is 2. The van der Waals surface area contributed by atoms with Gasteiger partial charge in [-0.05, 0) is 49.7 Å². The molecular formula is C23H27N3O5. The number of amides is 1. The molecular weight excluding hydrogens is 398 g/mol. The number of carbonyl (C=O) groups excluding carboxylic acids is 1. The third-order valence-electron chi connectivity index (χ3n) is 4.57. The topological polar surface area (TPSA) is 94.7 Å². The number of ether oxygens (including phenoxy) is 4. The number of rotatable bonds is 10. The Balaban J connectivity index is 1.70. The lowest BCUT2D eigenvalue weighted by atomic mass is 10.1. The lowest BCUT2D eigenvalue weighted by Gasteiger charge is -2.12. The molecule has 3 aromatic rings. The van der Waals surface area contributed by atoms with Gasteiger partial charge < -0.3 is 24.3 Å². The number of benzene rings is 2. The van der Waals surface area contributed by atoms with E-state index in [9.17, 15) is 4.79 Å². The van der Waals surface area contributed by atoms with Crippen molar-refractivity contribution in [1.82, 2.24) is 15.5 Å². The van der Waals surface area contributed by atoms with E-state index in [4.69, 9.17) is 18.9 Å². The van der Waals surface area contributed by atoms with Crippen LogP contribution >= 0.6 is 0 Å². The van der Waals surface area contributed by atoms with Crippen LogP contribution < -0.4 is 24.3 Å². The van der Waals surface area contributed by atoms with Gasteiger partial charge in [0.15, 0.2) is 11.5 Å². The molecule has 2 N–H and O–H groups in total. The smallest absolute Gasteiger partial charge is 0.269 e. The first-order chi connectivity index (χ1) is 15.1. The Morgan fingerprint density at radius 3 is 2.42 bits per heavy atom. The summed E-state index contributed by atoms with van der Waals surface area (Å²) < 4.78 is 21.9. The SMILES string of the molecule is CCOc1ccc(CNC(=O)c2cc(-c3ccc(OC)cc3OC)n[nH]2)cc1OCC. The molecule has 0 bridgehead atoms. The highest BCUT2D eigenvalue weighted by molar-refractivity contribution is 5.93. The van der Waals surface area contributed by atoms with Gasteiger partial charge in [-0.25, -0.2) is 0 Å². The Kier molecular flexibility index (Phi) is 7.37. The van der Waals surface area contributed by atoms with Gasteiger partial charge in [-0.3, -0.25) is 9.89 Å². The van der Waals surface area contributed by atoms with Crippen molar-refractivity contribution < 1.29 is 23.7 Å². The Morgan fingerprint density at radius 2 is 1.71 bits per heavy atom. The Labute approximate surface area is 181 Å². The van der Waals surface area contributed by atoms with E-state index in [1.165, 1.54) is 0 Å². The first kappa shape index (κ1) is 22.0. The summed E-state index contributed by atoms with van der Waals surface area (Å²) in [6, 6.07) is 12.7. The summed E-state index contributed by atoms with van der Waals surface area (Å²) in [7, 11) is 3.17. The molecule has 0 atom stereocenters. The highest BCUT2D eigenvalue weighted by Gasteiger charge is 2.15. The number of aromatic nitrogens is 2. The minimum atomic E-state index is -0.266. The lowest BCUT2D eigenvalue weighted by molar-refractivity contribution is 0.0946. The van der Waals surface area contributed by atoms with Crippen LogP contribution in [0, 0.1) is 0 Å². The van der Waals surface area contributed by atoms with Crippen LogP contribution in [-0.2, 0) is 6.54 Å². The molecule has 0 fully saturated rings. The molecule has 0 saturated carbocycles. The molecule has 0 aliphatic heterocycles. The van der Waals surface area contributed by atoms with Gasteiger partial charge in [-0.1, -0.05) is 6.07 Å². The quantitative estimate of drug-likeness (QED) is 0.513. The number of hydrogen-bond acceptors (Lipinski definition) is 6. The number of nitrogens with zero attached hydrogens (tertiary/aromatic N) is 1. The van der Waals surface area contributed by atoms with Gasteiger partial charge in [0.2, 0.25) is 0 Å². The van der Waals surface area contributed by atoms with Crippen LogP contribution in [0.1, 0.15) is 29.9 Å². The maximum atomic E-state index is 12.6. The van der Waals surface area contributed by atoms with Crippen molar-refractivity contribution in [2.24, 2.45) is 0 Å². The monoisotopic (exact) mass is 425 g/mol. The summed E-state index contributed by atoms with van der Waals surface area (Å²) in [5, 5.41) is 9.93. The summed E-state index contributed by atoms with van der Waals surface area (Å²) in [4.78, 5) is 12.6. The first-order valence-corrected chi connectivity index (χ1v) is 10.0. The minimum Gasteiger partial charge on any atom is -0.497 e. The highest BCUT2D eigenvalue weighted by atomic mass is 16.5. The Bertz CT molecular complexity index is 1030. The fourth-order valence-corrected chi connectivity index (χ4v) is 3.07. The van der Waals surface area contributed by atoms with Gasteiger partial charge >= 0.3 is 0 Å². The Morgan fingerprint density at radius 1 is 0.935 bits per heavy atom. The molecule has 0 aliphatic carbocycles. The molecule has 31 heavy (non-hydrogen) atoms. The van der Waals surface area contributed by atoms with Crippen LogP contribution in [0.3, 0.4) is 0 Å². The zero-order valence-corrected chi connectivity index (χ0v) is 18.2. The molecule has 0 unspecified atom stereocenters. The van der Waals surface area contributed by atoms with Crippen molar-refractivity contribution in [1.29, 1.82) is 0 Å². The van der Waals surface area contributed by atoms with Crippen molar-refractivity contribution in [3.8, 4) is 34.3 Å². The average Bonchev–Trinajstić information content (AvgIpc) is 3.29. The standard InChI is InChI=1S/C23H27N3O5/c1-5-30-20-10-7-15(11-22(20)31-6-2)14-24-23(27)19-13-18(25-26-19)17-9-8-16(28-3)12-21(17)29-4/h7-13H,5-6,14H2,1-4H3,(H,24,27)(H,25,26). The molecule has 0 radical (unpaired) electrons. The van der Waals surface area contributed by atoms with E-state index in [-0.39, 0.29) is 5.91 Å². The van der Waals surface area contributed by atoms with E-state index in [1.54, 1.807) is 26.4 Å². The van der Waals surface area contributed by atoms with Crippen LogP contribution in [0.15, 0.2) is 42.5 Å². The van der Waals surface area contributed by atoms with Crippen LogP contribution in [0.4, 0.5) is 0 Å². The molecule has 8 nitrogen and oxygen atoms in total. The predicted octanol–water partition coefficient (Wildman–Crippen LogP) is 3.82. The zero-order chi connectivity index (χ0) is 22.2. The van der Waals surface area contributed by atoms with Gasteiger partial charge in [0.05, 0.1) is 33.1 Å². The van der Waals surface area contributed by atoms with Crippen molar-refractivity contribution in [3.05, 3.63) is 53.7 Å². The largest absolute Gasteiger partial charge is 0.497 e. The zero-order valence-electron chi connectivity index (χ0n) is 18.2. The molecule has 164 valence electrons. The summed E-state index contributed by atoms with van der Waals surface area (Å²) in [5.41, 5.74) is 2.61. The van der Waals surface area contributed by atoms with Gasteiger partial charge in [-0.15, -0.1) is 0 Å². The normalized spacial score (nSPS) is 10.5. The number of methoxy groups -OCH3 is 2. The molecule has 3 rings (SSSR count). The van der Waals surface area contributed by atoms with E-state index in [0.29, 0.717) is 54.1 Å². The second-order valence-corrected chi connectivity index (χ2v) is 6.56. The van der Waals surface area contributed by atoms with Gasteiger partial charge in [0, 0.05) is 18.2 Å². The van der Waals surface area contributed by atoms with Crippen molar-refractivity contribution in [3.63, 3.8) is 0 Å². The minimum absolute atomic E-state index is 0.266. The third kappa shape index (κ3) is 5.28. The molecule has 2 aromatic carbocycles. The van der Waals surface area contributed by atoms with Crippen LogP contribution in [0.2, 0.25) is 0 Å². The van der Waals surface area contributed by atoms with E-state index in [2.05, 4.69) is 15.5 Å².